The molecule has 1 heterocycles. The Morgan fingerprint density at radius 2 is 2.29 bits per heavy atom. The van der Waals surface area contributed by atoms with Crippen LogP contribution in [0.1, 0.15) is 0 Å². The topological polar surface area (TPSA) is 79.3 Å². The van der Waals surface area contributed by atoms with E-state index < -0.39 is 10.0 Å². The van der Waals surface area contributed by atoms with Gasteiger partial charge in [-0.25, -0.2) is 13.1 Å². The van der Waals surface area contributed by atoms with Crippen molar-refractivity contribution in [3.8, 4) is 0 Å². The first-order valence-corrected chi connectivity index (χ1v) is 5.64. The Morgan fingerprint density at radius 3 is 2.86 bits per heavy atom. The van der Waals surface area contributed by atoms with E-state index >= 15 is 0 Å². The zero-order valence-corrected chi connectivity index (χ0v) is 8.72. The van der Waals surface area contributed by atoms with Gasteiger partial charge in [0.25, 0.3) is 0 Å². The standard InChI is InChI=1S/C7H9ClN2O3S/c8-6-1-2-9-5-7(6)14(12,13)10-3-4-11/h1-2,5,10-11H,3-4H2. The molecule has 0 aromatic carbocycles. The smallest absolute Gasteiger partial charge is 0.243 e. The zero-order valence-electron chi connectivity index (χ0n) is 7.14. The highest BCUT2D eigenvalue weighted by Crippen LogP contribution is 2.18. The van der Waals surface area contributed by atoms with Crippen molar-refractivity contribution in [1.29, 1.82) is 0 Å². The zero-order chi connectivity index (χ0) is 10.6. The van der Waals surface area contributed by atoms with E-state index in [1.54, 1.807) is 0 Å². The van der Waals surface area contributed by atoms with Crippen LogP contribution in [0.2, 0.25) is 5.02 Å². The quantitative estimate of drug-likeness (QED) is 0.772. The van der Waals surface area contributed by atoms with Crippen LogP contribution in [0, 0.1) is 0 Å². The second-order valence-electron chi connectivity index (χ2n) is 2.43. The lowest BCUT2D eigenvalue weighted by molar-refractivity contribution is 0.301. The largest absolute Gasteiger partial charge is 0.395 e. The summed E-state index contributed by atoms with van der Waals surface area (Å²) < 4.78 is 25.1. The third kappa shape index (κ3) is 2.65. The van der Waals surface area contributed by atoms with Crippen LogP contribution < -0.4 is 4.72 Å². The summed E-state index contributed by atoms with van der Waals surface area (Å²) in [5, 5.41) is 8.57. The first kappa shape index (κ1) is 11.4. The molecule has 1 aromatic rings. The molecule has 0 amide bonds. The van der Waals surface area contributed by atoms with Crippen molar-refractivity contribution in [1.82, 2.24) is 9.71 Å². The number of halogens is 1. The summed E-state index contributed by atoms with van der Waals surface area (Å²) in [5.74, 6) is 0. The van der Waals surface area contributed by atoms with Crippen molar-refractivity contribution in [2.24, 2.45) is 0 Å². The van der Waals surface area contributed by atoms with Crippen LogP contribution in [0.15, 0.2) is 23.4 Å². The minimum atomic E-state index is -3.66. The Balaban J connectivity index is 2.99. The summed E-state index contributed by atoms with van der Waals surface area (Å²) >= 11 is 5.67. The van der Waals surface area contributed by atoms with Crippen molar-refractivity contribution in [3.05, 3.63) is 23.5 Å². The molecule has 0 atom stereocenters. The Morgan fingerprint density at radius 1 is 1.57 bits per heavy atom. The van der Waals surface area contributed by atoms with Crippen molar-refractivity contribution in [2.75, 3.05) is 13.2 Å². The maximum atomic E-state index is 11.5. The van der Waals surface area contributed by atoms with Gasteiger partial charge in [-0.2, -0.15) is 0 Å². The molecule has 7 heteroatoms. The molecule has 5 nitrogen and oxygen atoms in total. The van der Waals surface area contributed by atoms with Crippen LogP contribution >= 0.6 is 11.6 Å². The number of nitrogens with zero attached hydrogens (tertiary/aromatic N) is 1. The lowest BCUT2D eigenvalue weighted by Gasteiger charge is -2.05. The highest BCUT2D eigenvalue weighted by molar-refractivity contribution is 7.89. The third-order valence-corrected chi connectivity index (χ3v) is 3.36. The second kappa shape index (κ2) is 4.70. The number of nitrogens with one attached hydrogen (secondary N) is 1. The van der Waals surface area contributed by atoms with Gasteiger partial charge in [-0.1, -0.05) is 11.6 Å². The predicted molar refractivity (Wildman–Crippen MR) is 51.5 cm³/mol. The SMILES string of the molecule is O=S(=O)(NCCO)c1cnccc1Cl. The number of aliphatic hydroxyl groups excluding tert-OH is 1. The minimum absolute atomic E-state index is 0.0481. The highest BCUT2D eigenvalue weighted by atomic mass is 35.5. The maximum absolute atomic E-state index is 11.5. The Hall–Kier alpha value is -0.690. The summed E-state index contributed by atoms with van der Waals surface area (Å²) in [6, 6.07) is 1.38. The lowest BCUT2D eigenvalue weighted by Crippen LogP contribution is -2.26. The normalized spacial score (nSPS) is 11.6. The van der Waals surface area contributed by atoms with Crippen molar-refractivity contribution >= 4 is 21.6 Å². The van der Waals surface area contributed by atoms with Crippen LogP contribution in [0.4, 0.5) is 0 Å². The van der Waals surface area contributed by atoms with E-state index in [0.717, 1.165) is 6.20 Å². The van der Waals surface area contributed by atoms with Crippen LogP contribution in [0.5, 0.6) is 0 Å². The molecule has 0 spiro atoms. The number of aromatic nitrogens is 1. The third-order valence-electron chi connectivity index (χ3n) is 1.43. The number of hydrogen-bond donors (Lipinski definition) is 2. The van der Waals surface area contributed by atoms with Gasteiger partial charge < -0.3 is 5.11 Å². The molecular formula is C7H9ClN2O3S. The summed E-state index contributed by atoms with van der Waals surface area (Å²) in [6.07, 6.45) is 2.55. The molecule has 2 N–H and O–H groups in total. The fraction of sp³-hybridized carbons (Fsp3) is 0.286. The van der Waals surface area contributed by atoms with Crippen LogP contribution in [-0.4, -0.2) is 31.7 Å². The summed E-state index contributed by atoms with van der Waals surface area (Å²) in [7, 11) is -3.66. The van der Waals surface area contributed by atoms with Gasteiger partial charge in [0, 0.05) is 18.9 Å². The average molecular weight is 237 g/mol. The van der Waals surface area contributed by atoms with E-state index in [9.17, 15) is 8.42 Å². The van der Waals surface area contributed by atoms with E-state index in [4.69, 9.17) is 16.7 Å². The second-order valence-corrected chi connectivity index (χ2v) is 4.57. The minimum Gasteiger partial charge on any atom is -0.395 e. The predicted octanol–water partition coefficient (Wildman–Crippen LogP) is 0.00560. The average Bonchev–Trinajstić information content (AvgIpc) is 2.15. The first-order valence-electron chi connectivity index (χ1n) is 3.78. The van der Waals surface area contributed by atoms with E-state index in [1.165, 1.54) is 12.3 Å². The lowest BCUT2D eigenvalue weighted by atomic mass is 10.5. The van der Waals surface area contributed by atoms with Crippen LogP contribution in [0.25, 0.3) is 0 Å². The number of pyridine rings is 1. The maximum Gasteiger partial charge on any atom is 0.243 e. The highest BCUT2D eigenvalue weighted by Gasteiger charge is 2.16. The van der Waals surface area contributed by atoms with Crippen molar-refractivity contribution in [3.63, 3.8) is 0 Å². The monoisotopic (exact) mass is 236 g/mol. The molecule has 0 aliphatic carbocycles. The number of sulfonamides is 1. The molecule has 1 aromatic heterocycles. The summed E-state index contributed by atoms with van der Waals surface area (Å²) in [4.78, 5) is 3.57. The van der Waals surface area contributed by atoms with Gasteiger partial charge >= 0.3 is 0 Å². The molecule has 1 rings (SSSR count). The molecule has 0 fully saturated rings. The molecule has 0 bridgehead atoms. The molecule has 0 aliphatic heterocycles. The van der Waals surface area contributed by atoms with Gasteiger partial charge in [0.2, 0.25) is 10.0 Å². The van der Waals surface area contributed by atoms with Crippen molar-refractivity contribution in [2.45, 2.75) is 4.90 Å². The fourth-order valence-electron chi connectivity index (χ4n) is 0.819. The molecule has 0 saturated heterocycles. The fourth-order valence-corrected chi connectivity index (χ4v) is 2.27. The molecule has 0 radical (unpaired) electrons. The summed E-state index contributed by atoms with van der Waals surface area (Å²) in [6.45, 7) is -0.315. The summed E-state index contributed by atoms with van der Waals surface area (Å²) in [5.41, 5.74) is 0. The first-order chi connectivity index (χ1) is 6.58. The molecule has 14 heavy (non-hydrogen) atoms. The Bertz CT molecular complexity index is 407. The molecule has 0 saturated carbocycles. The Kier molecular flexibility index (Phi) is 3.82. The van der Waals surface area contributed by atoms with E-state index in [2.05, 4.69) is 9.71 Å². The number of rotatable bonds is 4. The number of hydrogen-bond acceptors (Lipinski definition) is 4. The Labute approximate surface area is 86.8 Å². The molecule has 0 aliphatic rings. The van der Waals surface area contributed by atoms with Gasteiger partial charge in [-0.3, -0.25) is 4.98 Å². The van der Waals surface area contributed by atoms with E-state index in [-0.39, 0.29) is 23.1 Å². The van der Waals surface area contributed by atoms with E-state index in [0.29, 0.717) is 0 Å². The van der Waals surface area contributed by atoms with Crippen LogP contribution in [0.3, 0.4) is 0 Å². The van der Waals surface area contributed by atoms with Gasteiger partial charge in [0.05, 0.1) is 11.6 Å². The van der Waals surface area contributed by atoms with Gasteiger partial charge in [0.1, 0.15) is 4.90 Å². The molecule has 0 unspecified atom stereocenters. The van der Waals surface area contributed by atoms with Crippen molar-refractivity contribution < 1.29 is 13.5 Å². The van der Waals surface area contributed by atoms with Crippen LogP contribution in [-0.2, 0) is 10.0 Å². The number of aliphatic hydroxyl groups is 1. The van der Waals surface area contributed by atoms with Gasteiger partial charge in [-0.15, -0.1) is 0 Å². The molecular weight excluding hydrogens is 228 g/mol. The van der Waals surface area contributed by atoms with E-state index in [1.807, 2.05) is 0 Å². The molecule has 78 valence electrons. The van der Waals surface area contributed by atoms with Gasteiger partial charge in [-0.05, 0) is 6.07 Å². The van der Waals surface area contributed by atoms with Gasteiger partial charge in [0.15, 0.2) is 0 Å².